The number of nitrogens with zero attached hydrogens (tertiary/aromatic N) is 1. The van der Waals surface area contributed by atoms with Crippen molar-refractivity contribution in [1.82, 2.24) is 10.3 Å². The summed E-state index contributed by atoms with van der Waals surface area (Å²) < 4.78 is 0. The van der Waals surface area contributed by atoms with Gasteiger partial charge in [0.05, 0.1) is 5.02 Å². The third-order valence-electron chi connectivity index (χ3n) is 6.42. The Morgan fingerprint density at radius 2 is 1.73 bits per heavy atom. The topological polar surface area (TPSA) is 94.3 Å². The minimum Gasteiger partial charge on any atom is -0.360 e. The van der Waals surface area contributed by atoms with E-state index in [9.17, 15) is 14.4 Å². The van der Waals surface area contributed by atoms with Gasteiger partial charge in [-0.25, -0.2) is 0 Å². The van der Waals surface area contributed by atoms with Gasteiger partial charge in [-0.1, -0.05) is 47.5 Å². The lowest BCUT2D eigenvalue weighted by Crippen LogP contribution is -2.37. The number of anilines is 2. The number of fused-ring (bicyclic) bond motifs is 1. The van der Waals surface area contributed by atoms with Crippen molar-refractivity contribution in [3.05, 3.63) is 94.1 Å². The number of H-pyrrole nitrogens is 1. The highest BCUT2D eigenvalue weighted by atomic mass is 35.5. The number of nitrogens with one attached hydrogen (secondary N) is 3. The molecule has 0 saturated carbocycles. The van der Waals surface area contributed by atoms with E-state index in [1.165, 1.54) is 0 Å². The maximum atomic E-state index is 13.4. The van der Waals surface area contributed by atoms with Crippen molar-refractivity contribution in [3.8, 4) is 0 Å². The Labute approximate surface area is 223 Å². The summed E-state index contributed by atoms with van der Waals surface area (Å²) in [6.07, 6.45) is 4.07. The van der Waals surface area contributed by atoms with Gasteiger partial charge in [0, 0.05) is 57.6 Å². The molecule has 0 spiro atoms. The van der Waals surface area contributed by atoms with E-state index in [0.29, 0.717) is 45.3 Å². The lowest BCUT2D eigenvalue weighted by Gasteiger charge is -2.27. The van der Waals surface area contributed by atoms with Gasteiger partial charge < -0.3 is 20.5 Å². The first-order valence-corrected chi connectivity index (χ1v) is 12.7. The third-order valence-corrected chi connectivity index (χ3v) is 7.07. The number of benzene rings is 3. The van der Waals surface area contributed by atoms with Crippen molar-refractivity contribution in [2.45, 2.75) is 25.3 Å². The predicted molar refractivity (Wildman–Crippen MR) is 146 cm³/mol. The van der Waals surface area contributed by atoms with E-state index in [1.54, 1.807) is 77.8 Å². The fourth-order valence-electron chi connectivity index (χ4n) is 4.46. The second-order valence-corrected chi connectivity index (χ2v) is 9.68. The van der Waals surface area contributed by atoms with E-state index < -0.39 is 17.9 Å². The monoisotopic (exact) mass is 534 g/mol. The second kappa shape index (κ2) is 10.7. The number of carbonyl (C=O) groups is 3. The van der Waals surface area contributed by atoms with E-state index in [4.69, 9.17) is 23.2 Å². The predicted octanol–water partition coefficient (Wildman–Crippen LogP) is 6.10. The SMILES string of the molecule is O=C(NC(C(=O)Nc1ccc(N2CCCCC2=O)cc1)c1ccccc1Cl)c1ccc2c(Cl)c[nH]c2c1. The molecule has 188 valence electrons. The summed E-state index contributed by atoms with van der Waals surface area (Å²) in [7, 11) is 0. The molecule has 3 amide bonds. The molecule has 2 heterocycles. The first-order valence-electron chi connectivity index (χ1n) is 11.9. The van der Waals surface area contributed by atoms with Gasteiger partial charge in [0.15, 0.2) is 0 Å². The molecule has 3 aromatic carbocycles. The standard InChI is InChI=1S/C28H24Cl2N4O3/c29-22-6-2-1-5-21(22)26(33-27(36)17-8-13-20-23(30)16-31-24(20)15-17)28(37)32-18-9-11-19(12-10-18)34-14-4-3-7-25(34)35/h1-2,5-6,8-13,15-16,26,31H,3-4,7,14H2,(H,32,37)(H,33,36). The smallest absolute Gasteiger partial charge is 0.252 e. The van der Waals surface area contributed by atoms with Crippen LogP contribution in [0.5, 0.6) is 0 Å². The Balaban J connectivity index is 1.37. The van der Waals surface area contributed by atoms with E-state index in [0.717, 1.165) is 23.9 Å². The molecule has 0 bridgehead atoms. The summed E-state index contributed by atoms with van der Waals surface area (Å²) in [5.74, 6) is -0.789. The minimum absolute atomic E-state index is 0.101. The van der Waals surface area contributed by atoms with Crippen LogP contribution in [0.15, 0.2) is 72.9 Å². The van der Waals surface area contributed by atoms with Crippen LogP contribution >= 0.6 is 23.2 Å². The molecule has 1 unspecified atom stereocenters. The number of halogens is 2. The van der Waals surface area contributed by atoms with E-state index in [-0.39, 0.29) is 5.91 Å². The summed E-state index contributed by atoms with van der Waals surface area (Å²) in [5.41, 5.74) is 2.87. The molecule has 1 aliphatic rings. The first-order chi connectivity index (χ1) is 17.9. The average molecular weight is 535 g/mol. The molecule has 37 heavy (non-hydrogen) atoms. The number of carbonyl (C=O) groups excluding carboxylic acids is 3. The zero-order valence-electron chi connectivity index (χ0n) is 19.8. The Kier molecular flexibility index (Phi) is 7.17. The van der Waals surface area contributed by atoms with Crippen molar-refractivity contribution in [3.63, 3.8) is 0 Å². The van der Waals surface area contributed by atoms with Crippen LogP contribution in [0.25, 0.3) is 10.9 Å². The highest BCUT2D eigenvalue weighted by molar-refractivity contribution is 6.35. The van der Waals surface area contributed by atoms with Gasteiger partial charge in [0.2, 0.25) is 5.91 Å². The van der Waals surface area contributed by atoms with Crippen LogP contribution in [0.1, 0.15) is 41.2 Å². The Bertz CT molecular complexity index is 1480. The molecule has 1 saturated heterocycles. The number of rotatable bonds is 6. The average Bonchev–Trinajstić information content (AvgIpc) is 3.28. The summed E-state index contributed by atoms with van der Waals surface area (Å²) in [6, 6.07) is 18.0. The van der Waals surface area contributed by atoms with Gasteiger partial charge >= 0.3 is 0 Å². The molecule has 4 aromatic rings. The van der Waals surface area contributed by atoms with E-state index >= 15 is 0 Å². The number of hydrogen-bond acceptors (Lipinski definition) is 3. The van der Waals surface area contributed by atoms with Gasteiger partial charge in [-0.15, -0.1) is 0 Å². The number of aromatic amines is 1. The van der Waals surface area contributed by atoms with Crippen LogP contribution in [0.2, 0.25) is 10.0 Å². The Hall–Kier alpha value is -3.81. The van der Waals surface area contributed by atoms with Crippen molar-refractivity contribution in [1.29, 1.82) is 0 Å². The van der Waals surface area contributed by atoms with Gasteiger partial charge in [-0.05, 0) is 55.3 Å². The zero-order valence-corrected chi connectivity index (χ0v) is 21.3. The number of amides is 3. The fourth-order valence-corrected chi connectivity index (χ4v) is 4.92. The Morgan fingerprint density at radius 1 is 0.946 bits per heavy atom. The molecule has 0 radical (unpaired) electrons. The van der Waals surface area contributed by atoms with Crippen molar-refractivity contribution < 1.29 is 14.4 Å². The number of piperidine rings is 1. The van der Waals surface area contributed by atoms with E-state index in [1.807, 2.05) is 0 Å². The Morgan fingerprint density at radius 3 is 2.49 bits per heavy atom. The third kappa shape index (κ3) is 5.33. The molecule has 9 heteroatoms. The molecular weight excluding hydrogens is 511 g/mol. The first kappa shape index (κ1) is 24.9. The summed E-state index contributed by atoms with van der Waals surface area (Å²) in [5, 5.41) is 7.39. The van der Waals surface area contributed by atoms with Gasteiger partial charge in [0.1, 0.15) is 6.04 Å². The van der Waals surface area contributed by atoms with Crippen molar-refractivity contribution in [2.24, 2.45) is 0 Å². The molecule has 5 rings (SSSR count). The lowest BCUT2D eigenvalue weighted by atomic mass is 10.0. The number of aromatic nitrogens is 1. The maximum absolute atomic E-state index is 13.4. The lowest BCUT2D eigenvalue weighted by molar-refractivity contribution is -0.119. The van der Waals surface area contributed by atoms with Gasteiger partial charge in [0.25, 0.3) is 11.8 Å². The largest absolute Gasteiger partial charge is 0.360 e. The minimum atomic E-state index is -1.05. The quantitative estimate of drug-likeness (QED) is 0.279. The molecule has 0 aliphatic carbocycles. The molecule has 1 aromatic heterocycles. The number of hydrogen-bond donors (Lipinski definition) is 3. The molecular formula is C28H24Cl2N4O3. The van der Waals surface area contributed by atoms with Crippen LogP contribution in [-0.4, -0.2) is 29.3 Å². The zero-order chi connectivity index (χ0) is 25.9. The highest BCUT2D eigenvalue weighted by Crippen LogP contribution is 2.28. The van der Waals surface area contributed by atoms with E-state index in [2.05, 4.69) is 15.6 Å². The summed E-state index contributed by atoms with van der Waals surface area (Å²) >= 11 is 12.6. The van der Waals surface area contributed by atoms with Crippen molar-refractivity contribution >= 4 is 63.2 Å². The van der Waals surface area contributed by atoms with Gasteiger partial charge in [-0.3, -0.25) is 14.4 Å². The molecule has 1 aliphatic heterocycles. The second-order valence-electron chi connectivity index (χ2n) is 8.86. The fraction of sp³-hybridized carbons (Fsp3) is 0.179. The van der Waals surface area contributed by atoms with Gasteiger partial charge in [-0.2, -0.15) is 0 Å². The van der Waals surface area contributed by atoms with Crippen LogP contribution in [0.3, 0.4) is 0 Å². The molecule has 1 atom stereocenters. The van der Waals surface area contributed by atoms with Crippen molar-refractivity contribution in [2.75, 3.05) is 16.8 Å². The van der Waals surface area contributed by atoms with Crippen LogP contribution in [-0.2, 0) is 9.59 Å². The summed E-state index contributed by atoms with van der Waals surface area (Å²) in [6.45, 7) is 0.686. The maximum Gasteiger partial charge on any atom is 0.252 e. The van der Waals surface area contributed by atoms with Crippen LogP contribution < -0.4 is 15.5 Å². The van der Waals surface area contributed by atoms with Crippen LogP contribution in [0, 0.1) is 0 Å². The molecule has 1 fully saturated rings. The van der Waals surface area contributed by atoms with Crippen LogP contribution in [0.4, 0.5) is 11.4 Å². The molecule has 7 nitrogen and oxygen atoms in total. The highest BCUT2D eigenvalue weighted by Gasteiger charge is 2.26. The summed E-state index contributed by atoms with van der Waals surface area (Å²) in [4.78, 5) is 43.6. The molecule has 3 N–H and O–H groups in total. The normalized spacial score (nSPS) is 14.4.